The van der Waals surface area contributed by atoms with Crippen molar-refractivity contribution in [3.8, 4) is 0 Å². The number of nitrogens with one attached hydrogen (secondary N) is 1. The van der Waals surface area contributed by atoms with Gasteiger partial charge in [0.05, 0.1) is 0 Å². The molecule has 1 fully saturated rings. The summed E-state index contributed by atoms with van der Waals surface area (Å²) < 4.78 is 0. The maximum atomic E-state index is 6.11. The van der Waals surface area contributed by atoms with Gasteiger partial charge in [0.1, 0.15) is 5.15 Å². The molecule has 1 aliphatic heterocycles. The van der Waals surface area contributed by atoms with E-state index in [1.807, 2.05) is 0 Å². The molecular weight excluding hydrogens is 210 g/mol. The van der Waals surface area contributed by atoms with Crippen LogP contribution in [0.5, 0.6) is 0 Å². The van der Waals surface area contributed by atoms with E-state index in [0.29, 0.717) is 6.54 Å². The molecule has 0 spiro atoms. The molecule has 0 radical (unpaired) electrons. The molecule has 15 heavy (non-hydrogen) atoms. The van der Waals surface area contributed by atoms with Crippen molar-refractivity contribution in [2.75, 3.05) is 13.1 Å². The first-order chi connectivity index (χ1) is 7.29. The van der Waals surface area contributed by atoms with E-state index in [-0.39, 0.29) is 0 Å². The summed E-state index contributed by atoms with van der Waals surface area (Å²) >= 11 is 6.11. The van der Waals surface area contributed by atoms with Crippen molar-refractivity contribution in [2.45, 2.75) is 32.4 Å². The average molecular weight is 228 g/mol. The Hall–Kier alpha value is -0.510. The number of halogens is 1. The van der Waals surface area contributed by atoms with E-state index in [4.69, 9.17) is 17.3 Å². The third kappa shape index (κ3) is 2.74. The van der Waals surface area contributed by atoms with E-state index in [2.05, 4.69) is 16.0 Å². The smallest absolute Gasteiger partial charge is 0.111 e. The lowest BCUT2D eigenvalue weighted by molar-refractivity contribution is 0.221. The van der Waals surface area contributed by atoms with E-state index >= 15 is 0 Å². The SMILES string of the molecule is NCc1cc(CN2CCCCC2)c(Cl)[nH]1. The summed E-state index contributed by atoms with van der Waals surface area (Å²) in [6.45, 7) is 3.87. The second-order valence-electron chi connectivity index (χ2n) is 4.17. The van der Waals surface area contributed by atoms with Gasteiger partial charge in [0.25, 0.3) is 0 Å². The average Bonchev–Trinajstić information content (AvgIpc) is 2.61. The van der Waals surface area contributed by atoms with E-state index in [0.717, 1.165) is 17.4 Å². The van der Waals surface area contributed by atoms with Crippen LogP contribution in [0.15, 0.2) is 6.07 Å². The van der Waals surface area contributed by atoms with E-state index < -0.39 is 0 Å². The number of hydrogen-bond acceptors (Lipinski definition) is 2. The standard InChI is InChI=1S/C11H18ClN3/c12-11-9(6-10(7-13)14-11)8-15-4-2-1-3-5-15/h6,14H,1-5,7-8,13H2. The lowest BCUT2D eigenvalue weighted by atomic mass is 10.1. The highest BCUT2D eigenvalue weighted by molar-refractivity contribution is 6.30. The second kappa shape index (κ2) is 5.01. The van der Waals surface area contributed by atoms with Gasteiger partial charge in [-0.3, -0.25) is 4.90 Å². The van der Waals surface area contributed by atoms with Gasteiger partial charge in [0.2, 0.25) is 0 Å². The van der Waals surface area contributed by atoms with E-state index in [1.165, 1.54) is 37.9 Å². The molecule has 1 aromatic rings. The molecule has 0 saturated carbocycles. The first-order valence-corrected chi connectivity index (χ1v) is 5.96. The van der Waals surface area contributed by atoms with E-state index in [9.17, 15) is 0 Å². The summed E-state index contributed by atoms with van der Waals surface area (Å²) in [7, 11) is 0. The Balaban J connectivity index is 1.99. The number of piperidine rings is 1. The zero-order valence-corrected chi connectivity index (χ0v) is 9.69. The normalized spacial score (nSPS) is 18.3. The minimum atomic E-state index is 0.528. The van der Waals surface area contributed by atoms with E-state index in [1.54, 1.807) is 0 Å². The molecule has 0 unspecified atom stereocenters. The summed E-state index contributed by atoms with van der Waals surface area (Å²) in [5.41, 5.74) is 7.76. The third-order valence-electron chi connectivity index (χ3n) is 2.96. The lowest BCUT2D eigenvalue weighted by Crippen LogP contribution is -2.29. The highest BCUT2D eigenvalue weighted by Crippen LogP contribution is 2.20. The van der Waals surface area contributed by atoms with Crippen molar-refractivity contribution < 1.29 is 0 Å². The summed E-state index contributed by atoms with van der Waals surface area (Å²) in [5.74, 6) is 0. The van der Waals surface area contributed by atoms with Gasteiger partial charge in [-0.2, -0.15) is 0 Å². The van der Waals surface area contributed by atoms with Crippen LogP contribution in [0.1, 0.15) is 30.5 Å². The van der Waals surface area contributed by atoms with Crippen LogP contribution in [0.25, 0.3) is 0 Å². The monoisotopic (exact) mass is 227 g/mol. The molecule has 3 nitrogen and oxygen atoms in total. The molecule has 1 saturated heterocycles. The maximum absolute atomic E-state index is 6.11. The number of rotatable bonds is 3. The minimum Gasteiger partial charge on any atom is -0.348 e. The van der Waals surface area contributed by atoms with Crippen LogP contribution in [0, 0.1) is 0 Å². The predicted octanol–water partition coefficient (Wildman–Crippen LogP) is 2.11. The highest BCUT2D eigenvalue weighted by Gasteiger charge is 2.13. The zero-order valence-electron chi connectivity index (χ0n) is 8.93. The molecule has 4 heteroatoms. The van der Waals surface area contributed by atoms with Crippen LogP contribution in [0.4, 0.5) is 0 Å². The molecule has 0 aliphatic carbocycles. The Morgan fingerprint density at radius 1 is 1.33 bits per heavy atom. The Labute approximate surface area is 95.6 Å². The number of hydrogen-bond donors (Lipinski definition) is 2. The first kappa shape index (κ1) is 11.0. The maximum Gasteiger partial charge on any atom is 0.111 e. The third-order valence-corrected chi connectivity index (χ3v) is 3.30. The van der Waals surface area contributed by atoms with Crippen molar-refractivity contribution in [1.29, 1.82) is 0 Å². The number of likely N-dealkylation sites (tertiary alicyclic amines) is 1. The topological polar surface area (TPSA) is 45.0 Å². The van der Waals surface area contributed by atoms with Crippen molar-refractivity contribution in [2.24, 2.45) is 5.73 Å². The van der Waals surface area contributed by atoms with Crippen LogP contribution in [0.2, 0.25) is 5.15 Å². The van der Waals surface area contributed by atoms with Crippen molar-refractivity contribution in [3.63, 3.8) is 0 Å². The summed E-state index contributed by atoms with van der Waals surface area (Å²) in [5, 5.41) is 0.751. The molecule has 2 heterocycles. The Morgan fingerprint density at radius 2 is 2.07 bits per heavy atom. The number of aromatic nitrogens is 1. The molecule has 1 aliphatic rings. The number of aromatic amines is 1. The van der Waals surface area contributed by atoms with Gasteiger partial charge in [-0.15, -0.1) is 0 Å². The quantitative estimate of drug-likeness (QED) is 0.831. The van der Waals surface area contributed by atoms with Gasteiger partial charge in [-0.05, 0) is 32.0 Å². The molecule has 2 rings (SSSR count). The van der Waals surface area contributed by atoms with Crippen molar-refractivity contribution in [1.82, 2.24) is 9.88 Å². The van der Waals surface area contributed by atoms with Crippen LogP contribution in [-0.2, 0) is 13.1 Å². The van der Waals surface area contributed by atoms with Crippen molar-refractivity contribution in [3.05, 3.63) is 22.5 Å². The molecule has 1 aromatic heterocycles. The molecule has 0 aromatic carbocycles. The Kier molecular flexibility index (Phi) is 3.67. The zero-order chi connectivity index (χ0) is 10.7. The summed E-state index contributed by atoms with van der Waals surface area (Å²) in [6.07, 6.45) is 3.99. The van der Waals surface area contributed by atoms with Crippen LogP contribution in [0.3, 0.4) is 0 Å². The molecule has 0 bridgehead atoms. The fourth-order valence-corrected chi connectivity index (χ4v) is 2.35. The fourth-order valence-electron chi connectivity index (χ4n) is 2.11. The highest BCUT2D eigenvalue weighted by atomic mass is 35.5. The largest absolute Gasteiger partial charge is 0.348 e. The van der Waals surface area contributed by atoms with Gasteiger partial charge >= 0.3 is 0 Å². The summed E-state index contributed by atoms with van der Waals surface area (Å²) in [4.78, 5) is 5.55. The van der Waals surface area contributed by atoms with Gasteiger partial charge in [0.15, 0.2) is 0 Å². The van der Waals surface area contributed by atoms with Gasteiger partial charge < -0.3 is 10.7 Å². The Morgan fingerprint density at radius 3 is 2.67 bits per heavy atom. The molecule has 0 amide bonds. The molecule has 84 valence electrons. The number of H-pyrrole nitrogens is 1. The molecular formula is C11H18ClN3. The molecule has 0 atom stereocenters. The fraction of sp³-hybridized carbons (Fsp3) is 0.636. The van der Waals surface area contributed by atoms with Crippen LogP contribution >= 0.6 is 11.6 Å². The molecule has 3 N–H and O–H groups in total. The predicted molar refractivity (Wildman–Crippen MR) is 62.8 cm³/mol. The van der Waals surface area contributed by atoms with Crippen LogP contribution < -0.4 is 5.73 Å². The van der Waals surface area contributed by atoms with Gasteiger partial charge in [-0.1, -0.05) is 18.0 Å². The number of nitrogens with zero attached hydrogens (tertiary/aromatic N) is 1. The second-order valence-corrected chi connectivity index (χ2v) is 4.55. The minimum absolute atomic E-state index is 0.528. The van der Waals surface area contributed by atoms with Gasteiger partial charge in [0, 0.05) is 24.3 Å². The summed E-state index contributed by atoms with van der Waals surface area (Å²) in [6, 6.07) is 2.08. The first-order valence-electron chi connectivity index (χ1n) is 5.58. The lowest BCUT2D eigenvalue weighted by Gasteiger charge is -2.26. The van der Waals surface area contributed by atoms with Crippen LogP contribution in [-0.4, -0.2) is 23.0 Å². The Bertz CT molecular complexity index is 316. The number of nitrogens with two attached hydrogens (primary N) is 1. The van der Waals surface area contributed by atoms with Crippen molar-refractivity contribution >= 4 is 11.6 Å². The van der Waals surface area contributed by atoms with Gasteiger partial charge in [-0.25, -0.2) is 0 Å².